The summed E-state index contributed by atoms with van der Waals surface area (Å²) in [6, 6.07) is 16.1. The fourth-order valence-electron chi connectivity index (χ4n) is 5.47. The lowest BCUT2D eigenvalue weighted by molar-refractivity contribution is 0.0775. The minimum absolute atomic E-state index is 0.0580. The van der Waals surface area contributed by atoms with Gasteiger partial charge < -0.3 is 20.1 Å². The number of aromatic nitrogens is 4. The van der Waals surface area contributed by atoms with Crippen LogP contribution in [-0.4, -0.2) is 46.1 Å². The molecule has 5 aromatic rings. The topological polar surface area (TPSA) is 103 Å². The average Bonchev–Trinajstić information content (AvgIpc) is 3.07. The Hall–Kier alpha value is -4.16. The molecule has 0 spiro atoms. The van der Waals surface area contributed by atoms with Crippen LogP contribution in [0.2, 0.25) is 10.0 Å². The molecule has 4 heterocycles. The maximum Gasteiger partial charge on any atom is 0.280 e. The molecule has 6 rings (SSSR count). The van der Waals surface area contributed by atoms with Crippen LogP contribution in [0.4, 0.5) is 20.3 Å². The highest BCUT2D eigenvalue weighted by Gasteiger charge is 2.21. The molecular weight excluding hydrogens is 637 g/mol. The maximum absolute atomic E-state index is 13.7. The van der Waals surface area contributed by atoms with Crippen molar-refractivity contribution in [1.29, 1.82) is 0 Å². The molecule has 0 bridgehead atoms. The van der Waals surface area contributed by atoms with E-state index in [1.807, 2.05) is 30.3 Å². The molecule has 0 aliphatic carbocycles. The fraction of sp³-hybridized carbons (Fsp3) is 0.273. The lowest BCUT2D eigenvalue weighted by atomic mass is 10.00. The fourth-order valence-corrected chi connectivity index (χ4v) is 6.07. The molecule has 0 radical (unpaired) electrons. The van der Waals surface area contributed by atoms with Crippen LogP contribution in [-0.2, 0) is 18.3 Å². The predicted molar refractivity (Wildman–Crippen MR) is 175 cm³/mol. The molecule has 46 heavy (non-hydrogen) atoms. The van der Waals surface area contributed by atoms with Gasteiger partial charge in [-0.15, -0.1) is 0 Å². The summed E-state index contributed by atoms with van der Waals surface area (Å²) < 4.78 is 39.6. The molecule has 2 aromatic carbocycles. The van der Waals surface area contributed by atoms with Gasteiger partial charge in [-0.3, -0.25) is 4.79 Å². The number of nitrogens with zero attached hydrogens (tertiary/aromatic N) is 4. The number of fused-ring (bicyclic) bond motifs is 1. The van der Waals surface area contributed by atoms with Crippen molar-refractivity contribution in [2.45, 2.75) is 31.9 Å². The smallest absolute Gasteiger partial charge is 0.280 e. The van der Waals surface area contributed by atoms with E-state index in [0.29, 0.717) is 51.6 Å². The first-order chi connectivity index (χ1) is 22.2. The molecule has 0 atom stereocenters. The summed E-state index contributed by atoms with van der Waals surface area (Å²) in [4.78, 5) is 21.8. The first-order valence-corrected chi connectivity index (χ1v) is 15.4. The first-order valence-electron chi connectivity index (χ1n) is 14.6. The van der Waals surface area contributed by atoms with Gasteiger partial charge in [0.25, 0.3) is 12.0 Å². The first kappa shape index (κ1) is 31.8. The highest BCUT2D eigenvalue weighted by Crippen LogP contribution is 2.42. The largest absolute Gasteiger partial charge is 0.481 e. The lowest BCUT2D eigenvalue weighted by Crippen LogP contribution is -2.34. The van der Waals surface area contributed by atoms with E-state index in [1.165, 1.54) is 13.2 Å². The molecule has 0 saturated carbocycles. The van der Waals surface area contributed by atoms with Gasteiger partial charge in [-0.25, -0.2) is 23.4 Å². The van der Waals surface area contributed by atoms with Crippen molar-refractivity contribution < 1.29 is 18.3 Å². The second kappa shape index (κ2) is 13.7. The zero-order valence-electron chi connectivity index (χ0n) is 25.0. The van der Waals surface area contributed by atoms with E-state index in [-0.39, 0.29) is 21.6 Å². The number of aryl methyl sites for hydroxylation is 1. The van der Waals surface area contributed by atoms with Crippen molar-refractivity contribution in [2.75, 3.05) is 25.6 Å². The Bertz CT molecular complexity index is 1970. The van der Waals surface area contributed by atoms with Crippen LogP contribution in [0.5, 0.6) is 5.88 Å². The van der Waals surface area contributed by atoms with Gasteiger partial charge in [-0.05, 0) is 31.0 Å². The summed E-state index contributed by atoms with van der Waals surface area (Å²) in [5, 5.41) is 11.5. The normalized spacial score (nSPS) is 13.8. The molecule has 0 unspecified atom stereocenters. The Morgan fingerprint density at radius 2 is 1.74 bits per heavy atom. The van der Waals surface area contributed by atoms with E-state index in [0.717, 1.165) is 42.4 Å². The number of hydrogen-bond donors (Lipinski definition) is 2. The zero-order valence-corrected chi connectivity index (χ0v) is 26.5. The number of pyridine rings is 2. The Morgan fingerprint density at radius 3 is 2.48 bits per heavy atom. The number of halogens is 4. The molecule has 13 heteroatoms. The van der Waals surface area contributed by atoms with Crippen LogP contribution in [0.25, 0.3) is 33.2 Å². The van der Waals surface area contributed by atoms with Crippen molar-refractivity contribution in [2.24, 2.45) is 7.05 Å². The SMILES string of the molecule is COc1nc(-c2cccc(-c3cccc(Nc4nc(C(F)F)cc5cnn(C)c(=O)c45)c3Cl)c2Cl)ccc1CNC1CCOCC1. The molecule has 1 saturated heterocycles. The van der Waals surface area contributed by atoms with Gasteiger partial charge in [0.1, 0.15) is 11.5 Å². The number of nitrogens with one attached hydrogen (secondary N) is 2. The summed E-state index contributed by atoms with van der Waals surface area (Å²) in [5.41, 5.74) is 2.77. The minimum atomic E-state index is -2.86. The number of anilines is 2. The molecule has 238 valence electrons. The molecule has 3 aromatic heterocycles. The molecule has 9 nitrogen and oxygen atoms in total. The van der Waals surface area contributed by atoms with E-state index >= 15 is 0 Å². The third-order valence-electron chi connectivity index (χ3n) is 7.92. The van der Waals surface area contributed by atoms with Crippen molar-refractivity contribution in [3.8, 4) is 28.3 Å². The van der Waals surface area contributed by atoms with Crippen molar-refractivity contribution in [3.05, 3.63) is 92.5 Å². The van der Waals surface area contributed by atoms with Crippen LogP contribution in [0.1, 0.15) is 30.5 Å². The van der Waals surface area contributed by atoms with Crippen molar-refractivity contribution in [1.82, 2.24) is 25.1 Å². The lowest BCUT2D eigenvalue weighted by Gasteiger charge is -2.23. The number of ether oxygens (including phenoxy) is 2. The second-order valence-electron chi connectivity index (χ2n) is 10.8. The second-order valence-corrected chi connectivity index (χ2v) is 11.6. The van der Waals surface area contributed by atoms with E-state index in [9.17, 15) is 13.6 Å². The van der Waals surface area contributed by atoms with Gasteiger partial charge in [0, 0.05) is 60.5 Å². The standard InChI is InChI=1S/C33H30Cl2F2N6O3/c1-43-33(44)27-19(17-39-43)15-26(30(36)37)41-31(27)40-25-8-4-6-22(29(25)35)21-5-3-7-23(28(21)34)24-10-9-18(32(42-24)45-2)16-38-20-11-13-46-14-12-20/h3-10,15,17,20,30,38H,11-14,16H2,1-2H3,(H,40,41). The highest BCUT2D eigenvalue weighted by atomic mass is 35.5. The van der Waals surface area contributed by atoms with Gasteiger partial charge in [0.15, 0.2) is 0 Å². The quantitative estimate of drug-likeness (QED) is 0.169. The molecule has 1 aliphatic heterocycles. The summed E-state index contributed by atoms with van der Waals surface area (Å²) in [5.74, 6) is 0.437. The van der Waals surface area contributed by atoms with Gasteiger partial charge in [0.05, 0.1) is 40.1 Å². The monoisotopic (exact) mass is 666 g/mol. The van der Waals surface area contributed by atoms with Crippen molar-refractivity contribution in [3.63, 3.8) is 0 Å². The average molecular weight is 668 g/mol. The number of rotatable bonds is 9. The van der Waals surface area contributed by atoms with Crippen LogP contribution >= 0.6 is 23.2 Å². The predicted octanol–water partition coefficient (Wildman–Crippen LogP) is 7.32. The summed E-state index contributed by atoms with van der Waals surface area (Å²) in [6.07, 6.45) is 0.403. The maximum atomic E-state index is 13.7. The number of alkyl halides is 2. The van der Waals surface area contributed by atoms with E-state index in [4.69, 9.17) is 37.7 Å². The summed E-state index contributed by atoms with van der Waals surface area (Å²) in [6.45, 7) is 2.11. The van der Waals surface area contributed by atoms with Gasteiger partial charge in [-0.1, -0.05) is 59.6 Å². The Morgan fingerprint density at radius 1 is 1.02 bits per heavy atom. The number of hydrogen-bond acceptors (Lipinski definition) is 8. The van der Waals surface area contributed by atoms with E-state index < -0.39 is 17.7 Å². The summed E-state index contributed by atoms with van der Waals surface area (Å²) >= 11 is 13.9. The van der Waals surface area contributed by atoms with Crippen LogP contribution in [0.15, 0.2) is 65.6 Å². The minimum Gasteiger partial charge on any atom is -0.481 e. The third kappa shape index (κ3) is 6.41. The van der Waals surface area contributed by atoms with Gasteiger partial charge in [-0.2, -0.15) is 5.10 Å². The summed E-state index contributed by atoms with van der Waals surface area (Å²) in [7, 11) is 3.05. The highest BCUT2D eigenvalue weighted by molar-refractivity contribution is 6.39. The van der Waals surface area contributed by atoms with Crippen molar-refractivity contribution >= 4 is 45.5 Å². The Labute approximate surface area is 273 Å². The molecule has 2 N–H and O–H groups in total. The Kier molecular flexibility index (Phi) is 9.46. The zero-order chi connectivity index (χ0) is 32.4. The van der Waals surface area contributed by atoms with Crippen LogP contribution in [0, 0.1) is 0 Å². The molecular formula is C33H30Cl2F2N6O3. The van der Waals surface area contributed by atoms with E-state index in [1.54, 1.807) is 25.3 Å². The molecule has 1 aliphatic rings. The number of benzene rings is 2. The van der Waals surface area contributed by atoms with E-state index in [2.05, 4.69) is 20.7 Å². The third-order valence-corrected chi connectivity index (χ3v) is 8.74. The molecule has 1 fully saturated rings. The van der Waals surface area contributed by atoms with Gasteiger partial charge in [0.2, 0.25) is 5.88 Å². The molecule has 0 amide bonds. The van der Waals surface area contributed by atoms with Crippen LogP contribution < -0.4 is 20.9 Å². The van der Waals surface area contributed by atoms with Gasteiger partial charge >= 0.3 is 0 Å². The number of methoxy groups -OCH3 is 1. The Balaban J connectivity index is 1.34. The van der Waals surface area contributed by atoms with Crippen LogP contribution in [0.3, 0.4) is 0 Å².